The number of anilines is 1. The Morgan fingerprint density at radius 3 is 2.49 bits per heavy atom. The van der Waals surface area contributed by atoms with Crippen LogP contribution in [-0.4, -0.2) is 55.0 Å². The van der Waals surface area contributed by atoms with Crippen LogP contribution < -0.4 is 5.32 Å². The number of sulfone groups is 1. The average Bonchev–Trinajstić information content (AvgIpc) is 3.21. The first kappa shape index (κ1) is 25.5. The Labute approximate surface area is 203 Å². The molecule has 0 saturated carbocycles. The van der Waals surface area contributed by atoms with Crippen LogP contribution in [0.15, 0.2) is 36.5 Å². The first-order valence-electron chi connectivity index (χ1n) is 11.8. The van der Waals surface area contributed by atoms with Gasteiger partial charge in [-0.1, -0.05) is 25.1 Å². The summed E-state index contributed by atoms with van der Waals surface area (Å²) in [6.45, 7) is 2.12. The molecule has 1 fully saturated rings. The number of fused-ring (bicyclic) bond motifs is 1. The molecule has 1 aromatic carbocycles. The number of nitrogens with one attached hydrogen (secondary N) is 1. The van der Waals surface area contributed by atoms with Crippen molar-refractivity contribution in [1.29, 1.82) is 0 Å². The normalized spacial score (nSPS) is 20.8. The fourth-order valence-corrected chi connectivity index (χ4v) is 6.68. The number of carbonyl (C=O) groups excluding carboxylic acids is 1. The van der Waals surface area contributed by atoms with Gasteiger partial charge in [-0.05, 0) is 60.9 Å². The molecule has 2 aromatic rings. The highest BCUT2D eigenvalue weighted by atomic mass is 32.2. The summed E-state index contributed by atoms with van der Waals surface area (Å²) in [5.74, 6) is -1.82. The topological polar surface area (TPSA) is 79.4 Å². The molecule has 0 spiro atoms. The van der Waals surface area contributed by atoms with Crippen molar-refractivity contribution in [2.75, 3.05) is 23.9 Å². The van der Waals surface area contributed by atoms with Crippen LogP contribution >= 0.6 is 0 Å². The van der Waals surface area contributed by atoms with Gasteiger partial charge in [0.05, 0.1) is 29.1 Å². The minimum absolute atomic E-state index is 0.0376. The van der Waals surface area contributed by atoms with Crippen molar-refractivity contribution < 1.29 is 26.4 Å². The number of alkyl halides is 3. The van der Waals surface area contributed by atoms with Gasteiger partial charge in [-0.3, -0.25) is 9.78 Å². The largest absolute Gasteiger partial charge is 0.414 e. The predicted molar refractivity (Wildman–Crippen MR) is 128 cm³/mol. The molecule has 1 saturated heterocycles. The van der Waals surface area contributed by atoms with Gasteiger partial charge in [0.1, 0.15) is 9.84 Å². The fourth-order valence-electron chi connectivity index (χ4n) is 5.18. The second-order valence-corrected chi connectivity index (χ2v) is 11.8. The average molecular weight is 510 g/mol. The van der Waals surface area contributed by atoms with Gasteiger partial charge in [0.15, 0.2) is 6.04 Å². The van der Waals surface area contributed by atoms with Crippen LogP contribution in [0.3, 0.4) is 0 Å². The fraction of sp³-hybridized carbons (Fsp3) is 0.520. The summed E-state index contributed by atoms with van der Waals surface area (Å²) >= 11 is 0. The van der Waals surface area contributed by atoms with Crippen LogP contribution in [0.1, 0.15) is 48.2 Å². The number of pyridine rings is 1. The summed E-state index contributed by atoms with van der Waals surface area (Å²) in [5, 5.41) is 3.37. The van der Waals surface area contributed by atoms with Crippen molar-refractivity contribution in [3.05, 3.63) is 58.9 Å². The smallest absolute Gasteiger partial charge is 0.380 e. The second-order valence-electron chi connectivity index (χ2n) is 9.45. The van der Waals surface area contributed by atoms with E-state index in [9.17, 15) is 26.4 Å². The third-order valence-electron chi connectivity index (χ3n) is 7.05. The number of benzene rings is 1. The standard InChI is InChI=1S/C25H30F3N3O3S/c1-3-16-5-4-6-18-13-20(14-21(16)18)30-19-7-8-22(29-15-19)23(25(26,27)28)31(2)24(32)17-9-11-35(33,34)12-10-17/h4-8,15,17,20,23,30H,3,9-14H2,1-2H3/t20?,23-/m0/s1. The number of amides is 1. The van der Waals surface area contributed by atoms with Gasteiger partial charge in [0.25, 0.3) is 0 Å². The maximum absolute atomic E-state index is 14.0. The SMILES string of the molecule is CCc1cccc2c1CC(Nc1ccc([C@H](N(C)C(=O)C3CCS(=O)(=O)CC3)C(F)(F)F)nc1)C2. The van der Waals surface area contributed by atoms with E-state index < -0.39 is 33.9 Å². The molecule has 0 bridgehead atoms. The molecule has 10 heteroatoms. The molecule has 1 aliphatic carbocycles. The van der Waals surface area contributed by atoms with Gasteiger partial charge in [-0.15, -0.1) is 0 Å². The Morgan fingerprint density at radius 1 is 1.17 bits per heavy atom. The summed E-state index contributed by atoms with van der Waals surface area (Å²) < 4.78 is 65.3. The van der Waals surface area contributed by atoms with Gasteiger partial charge in [-0.2, -0.15) is 13.2 Å². The van der Waals surface area contributed by atoms with Crippen LogP contribution in [0.25, 0.3) is 0 Å². The van der Waals surface area contributed by atoms with E-state index in [-0.39, 0.29) is 36.1 Å². The van der Waals surface area contributed by atoms with Crippen molar-refractivity contribution >= 4 is 21.4 Å². The molecule has 4 rings (SSSR count). The molecule has 1 amide bonds. The van der Waals surface area contributed by atoms with E-state index in [0.717, 1.165) is 26.3 Å². The molecule has 2 heterocycles. The van der Waals surface area contributed by atoms with E-state index in [2.05, 4.69) is 35.4 Å². The van der Waals surface area contributed by atoms with Gasteiger partial charge < -0.3 is 10.2 Å². The molecule has 1 N–H and O–H groups in total. The van der Waals surface area contributed by atoms with Crippen molar-refractivity contribution in [3.8, 4) is 0 Å². The maximum atomic E-state index is 14.0. The van der Waals surface area contributed by atoms with Gasteiger partial charge >= 0.3 is 6.18 Å². The van der Waals surface area contributed by atoms with Crippen molar-refractivity contribution in [2.24, 2.45) is 5.92 Å². The molecular formula is C25H30F3N3O3S. The van der Waals surface area contributed by atoms with E-state index in [0.29, 0.717) is 10.6 Å². The monoisotopic (exact) mass is 509 g/mol. The summed E-state index contributed by atoms with van der Waals surface area (Å²) in [7, 11) is -2.11. The first-order valence-corrected chi connectivity index (χ1v) is 13.7. The number of carbonyl (C=O) groups is 1. The lowest BCUT2D eigenvalue weighted by molar-refractivity contribution is -0.191. The van der Waals surface area contributed by atoms with E-state index in [1.54, 1.807) is 6.07 Å². The quantitative estimate of drug-likeness (QED) is 0.634. The molecule has 35 heavy (non-hydrogen) atoms. The van der Waals surface area contributed by atoms with E-state index >= 15 is 0 Å². The number of rotatable bonds is 6. The van der Waals surface area contributed by atoms with Crippen LogP contribution in [0.2, 0.25) is 0 Å². The Kier molecular flexibility index (Phi) is 7.13. The summed E-state index contributed by atoms with van der Waals surface area (Å²) in [6.07, 6.45) is -0.634. The molecule has 6 nitrogen and oxygen atoms in total. The lowest BCUT2D eigenvalue weighted by atomic mass is 9.99. The van der Waals surface area contributed by atoms with Gasteiger partial charge in [-0.25, -0.2) is 8.42 Å². The maximum Gasteiger partial charge on any atom is 0.414 e. The second kappa shape index (κ2) is 9.79. The molecule has 0 radical (unpaired) electrons. The Morgan fingerprint density at radius 2 is 1.89 bits per heavy atom. The van der Waals surface area contributed by atoms with Gasteiger partial charge in [0, 0.05) is 19.0 Å². The Bertz CT molecular complexity index is 1170. The third-order valence-corrected chi connectivity index (χ3v) is 8.77. The van der Waals surface area contributed by atoms with E-state index in [1.165, 1.54) is 29.0 Å². The third kappa shape index (κ3) is 5.63. The first-order chi connectivity index (χ1) is 16.5. The molecule has 1 aromatic heterocycles. The number of nitrogens with zero attached hydrogens (tertiary/aromatic N) is 2. The number of hydrogen-bond donors (Lipinski definition) is 1. The number of aromatic nitrogens is 1. The summed E-state index contributed by atoms with van der Waals surface area (Å²) in [4.78, 5) is 17.6. The zero-order chi connectivity index (χ0) is 25.4. The van der Waals surface area contributed by atoms with Crippen molar-refractivity contribution in [1.82, 2.24) is 9.88 Å². The summed E-state index contributed by atoms with van der Waals surface area (Å²) in [5.41, 5.74) is 4.29. The van der Waals surface area contributed by atoms with Crippen LogP contribution in [-0.2, 0) is 33.9 Å². The van der Waals surface area contributed by atoms with Crippen LogP contribution in [0, 0.1) is 5.92 Å². The predicted octanol–water partition coefficient (Wildman–Crippen LogP) is 4.11. The molecule has 1 unspecified atom stereocenters. The van der Waals surface area contributed by atoms with Gasteiger partial charge in [0.2, 0.25) is 5.91 Å². The lowest BCUT2D eigenvalue weighted by Crippen LogP contribution is -2.44. The molecule has 2 aliphatic rings. The van der Waals surface area contributed by atoms with Crippen LogP contribution in [0.5, 0.6) is 0 Å². The highest BCUT2D eigenvalue weighted by molar-refractivity contribution is 7.91. The molecule has 2 atom stereocenters. The Hall–Kier alpha value is -2.62. The highest BCUT2D eigenvalue weighted by Crippen LogP contribution is 2.38. The van der Waals surface area contributed by atoms with E-state index in [1.807, 2.05) is 0 Å². The molecular weight excluding hydrogens is 479 g/mol. The Balaban J connectivity index is 1.46. The van der Waals surface area contributed by atoms with Crippen molar-refractivity contribution in [3.63, 3.8) is 0 Å². The minimum atomic E-state index is -4.73. The number of hydrogen-bond acceptors (Lipinski definition) is 5. The summed E-state index contributed by atoms with van der Waals surface area (Å²) in [6, 6.07) is 7.09. The lowest BCUT2D eigenvalue weighted by Gasteiger charge is -2.33. The van der Waals surface area contributed by atoms with E-state index in [4.69, 9.17) is 0 Å². The van der Waals surface area contributed by atoms with Crippen LogP contribution in [0.4, 0.5) is 18.9 Å². The zero-order valence-electron chi connectivity index (χ0n) is 19.8. The zero-order valence-corrected chi connectivity index (χ0v) is 20.6. The molecule has 190 valence electrons. The van der Waals surface area contributed by atoms with Crippen molar-refractivity contribution in [2.45, 2.75) is 57.3 Å². The molecule has 1 aliphatic heterocycles. The minimum Gasteiger partial charge on any atom is -0.380 e. The highest BCUT2D eigenvalue weighted by Gasteiger charge is 2.47. The number of aryl methyl sites for hydroxylation is 1. The number of halogens is 3.